The number of aliphatic hydroxyl groups is 1. The van der Waals surface area contributed by atoms with Crippen molar-refractivity contribution in [3.63, 3.8) is 0 Å². The fourth-order valence-corrected chi connectivity index (χ4v) is 10.0. The number of carbonyl (C=O) groups is 2. The first-order valence-electron chi connectivity index (χ1n) is 19.9. The summed E-state index contributed by atoms with van der Waals surface area (Å²) in [6.07, 6.45) is 0.598. The van der Waals surface area contributed by atoms with E-state index >= 15 is 4.39 Å². The number of hydrogen-bond acceptors (Lipinski definition) is 11. The number of aryl methyl sites for hydroxylation is 1. The Balaban J connectivity index is 0.891. The van der Waals surface area contributed by atoms with Gasteiger partial charge in [0.1, 0.15) is 17.2 Å². The van der Waals surface area contributed by atoms with Gasteiger partial charge in [-0.2, -0.15) is 18.2 Å². The van der Waals surface area contributed by atoms with E-state index < -0.39 is 45.0 Å². The largest absolute Gasteiger partial charge is 0.421 e. The average molecular weight is 831 g/mol. The minimum Gasteiger partial charge on any atom is -0.388 e. The standard InChI is InChI=1S/C40H50F4N8O5S/c1-25-20-29(9-12-34(25)46-38-45-22-32(40(42,43)44)36(48-38)52-15-3-14-39(2,55)24-52)58(56,57)49-27-6-4-26(5-7-27)23-50-16-18-51(19-17-50)28-8-10-30(33(41)21-28)31-11-13-35(53)47-37(31)54/h8-10,12,20-22,26-27,31,49,55H,3-7,11,13-19,23-24H2,1-2H3,(H,45,46,48)(H,47,53,54)/t26?,27?,31-,39-/m0/s1. The number of aromatic nitrogens is 2. The molecule has 3 aromatic rings. The van der Waals surface area contributed by atoms with Crippen LogP contribution in [0.4, 0.5) is 40.7 Å². The summed E-state index contributed by atoms with van der Waals surface area (Å²) in [5.41, 5.74) is -0.124. The second kappa shape index (κ2) is 16.7. The van der Waals surface area contributed by atoms with Gasteiger partial charge in [0.15, 0.2) is 0 Å². The quantitative estimate of drug-likeness (QED) is 0.157. The lowest BCUT2D eigenvalue weighted by Crippen LogP contribution is -2.48. The van der Waals surface area contributed by atoms with E-state index in [1.54, 1.807) is 26.0 Å². The van der Waals surface area contributed by atoms with Crippen LogP contribution in [0.15, 0.2) is 47.5 Å². The zero-order chi connectivity index (χ0) is 41.4. The van der Waals surface area contributed by atoms with Crippen LogP contribution in [0.5, 0.6) is 0 Å². The molecule has 58 heavy (non-hydrogen) atoms. The smallest absolute Gasteiger partial charge is 0.388 e. The fourth-order valence-electron chi connectivity index (χ4n) is 8.63. The number of benzene rings is 2. The molecule has 4 heterocycles. The van der Waals surface area contributed by atoms with Gasteiger partial charge < -0.3 is 20.2 Å². The summed E-state index contributed by atoms with van der Waals surface area (Å²) in [5.74, 6) is -1.91. The summed E-state index contributed by atoms with van der Waals surface area (Å²) in [5, 5.41) is 15.8. The van der Waals surface area contributed by atoms with E-state index in [0.717, 1.165) is 57.4 Å². The first-order valence-corrected chi connectivity index (χ1v) is 21.3. The van der Waals surface area contributed by atoms with Crippen LogP contribution in [0.1, 0.15) is 80.9 Å². The Morgan fingerprint density at radius 2 is 1.72 bits per heavy atom. The molecule has 13 nitrogen and oxygen atoms in total. The van der Waals surface area contributed by atoms with Gasteiger partial charge in [0.2, 0.25) is 27.8 Å². The van der Waals surface area contributed by atoms with Crippen LogP contribution in [0.25, 0.3) is 0 Å². The molecular weight excluding hydrogens is 781 g/mol. The Hall–Kier alpha value is -4.39. The molecule has 7 rings (SSSR count). The minimum atomic E-state index is -4.70. The number of β-amino-alcohol motifs (C(OH)–C–C–N with tert-alkyl or cyclic N) is 1. The highest BCUT2D eigenvalue weighted by Gasteiger charge is 2.39. The van der Waals surface area contributed by atoms with Crippen LogP contribution in [0.3, 0.4) is 0 Å². The predicted molar refractivity (Wildman–Crippen MR) is 210 cm³/mol. The number of piperidine rings is 2. The molecule has 0 unspecified atom stereocenters. The summed E-state index contributed by atoms with van der Waals surface area (Å²) >= 11 is 0. The van der Waals surface area contributed by atoms with Gasteiger partial charge in [0.05, 0.1) is 16.4 Å². The van der Waals surface area contributed by atoms with E-state index in [1.165, 1.54) is 23.1 Å². The van der Waals surface area contributed by atoms with Crippen molar-refractivity contribution in [3.8, 4) is 0 Å². The minimum absolute atomic E-state index is 0.0107. The van der Waals surface area contributed by atoms with Crippen molar-refractivity contribution in [1.29, 1.82) is 0 Å². The molecule has 314 valence electrons. The number of rotatable bonds is 10. The number of anilines is 4. The molecule has 3 saturated heterocycles. The zero-order valence-corrected chi connectivity index (χ0v) is 33.4. The third-order valence-corrected chi connectivity index (χ3v) is 13.3. The van der Waals surface area contributed by atoms with Gasteiger partial charge >= 0.3 is 6.18 Å². The maximum atomic E-state index is 15.1. The molecule has 2 aromatic carbocycles. The molecule has 0 radical (unpaired) electrons. The zero-order valence-electron chi connectivity index (χ0n) is 32.6. The van der Waals surface area contributed by atoms with Gasteiger partial charge in [-0.15, -0.1) is 0 Å². The molecule has 18 heteroatoms. The Bertz CT molecular complexity index is 2120. The maximum Gasteiger partial charge on any atom is 0.421 e. The van der Waals surface area contributed by atoms with Crippen LogP contribution in [-0.2, 0) is 25.8 Å². The number of imide groups is 1. The van der Waals surface area contributed by atoms with Crippen molar-refractivity contribution in [3.05, 3.63) is 65.1 Å². The normalized spacial score (nSPS) is 25.1. The van der Waals surface area contributed by atoms with E-state index in [4.69, 9.17) is 0 Å². The first-order chi connectivity index (χ1) is 27.4. The number of halogens is 4. The number of sulfonamides is 1. The Morgan fingerprint density at radius 1 is 0.983 bits per heavy atom. The van der Waals surface area contributed by atoms with E-state index in [0.29, 0.717) is 61.4 Å². The van der Waals surface area contributed by atoms with Crippen LogP contribution in [0.2, 0.25) is 0 Å². The molecule has 2 atom stereocenters. The van der Waals surface area contributed by atoms with Crippen molar-refractivity contribution in [2.75, 3.05) is 60.9 Å². The van der Waals surface area contributed by atoms with Crippen molar-refractivity contribution in [2.24, 2.45) is 5.92 Å². The van der Waals surface area contributed by atoms with Crippen LogP contribution < -0.4 is 25.2 Å². The van der Waals surface area contributed by atoms with Crippen LogP contribution in [-0.4, -0.2) is 97.7 Å². The van der Waals surface area contributed by atoms with Gasteiger partial charge in [-0.25, -0.2) is 22.5 Å². The topological polar surface area (TPSA) is 160 Å². The highest BCUT2D eigenvalue weighted by molar-refractivity contribution is 7.89. The molecule has 4 fully saturated rings. The van der Waals surface area contributed by atoms with Gasteiger partial charge in [-0.3, -0.25) is 19.8 Å². The molecule has 4 aliphatic rings. The lowest BCUT2D eigenvalue weighted by atomic mass is 9.86. The van der Waals surface area contributed by atoms with E-state index in [-0.39, 0.29) is 41.6 Å². The van der Waals surface area contributed by atoms with Gasteiger partial charge in [0.25, 0.3) is 0 Å². The lowest BCUT2D eigenvalue weighted by Gasteiger charge is -2.39. The lowest BCUT2D eigenvalue weighted by molar-refractivity contribution is -0.138. The second-order valence-electron chi connectivity index (χ2n) is 16.4. The molecule has 1 saturated carbocycles. The summed E-state index contributed by atoms with van der Waals surface area (Å²) in [6.45, 7) is 7.52. The summed E-state index contributed by atoms with van der Waals surface area (Å²) in [7, 11) is -3.86. The Morgan fingerprint density at radius 3 is 2.38 bits per heavy atom. The van der Waals surface area contributed by atoms with Gasteiger partial charge in [-0.1, -0.05) is 6.07 Å². The molecule has 4 N–H and O–H groups in total. The number of carbonyl (C=O) groups excluding carboxylic acids is 2. The third kappa shape index (κ3) is 9.72. The van der Waals surface area contributed by atoms with Gasteiger partial charge in [-0.05, 0) is 101 Å². The van der Waals surface area contributed by atoms with Crippen molar-refractivity contribution in [1.82, 2.24) is 24.9 Å². The molecule has 1 aromatic heterocycles. The summed E-state index contributed by atoms with van der Waals surface area (Å²) < 4.78 is 86.6. The highest BCUT2D eigenvalue weighted by atomic mass is 32.2. The molecule has 2 amide bonds. The molecule has 3 aliphatic heterocycles. The molecule has 0 spiro atoms. The Labute approximate surface area is 335 Å². The summed E-state index contributed by atoms with van der Waals surface area (Å²) in [6, 6.07) is 9.23. The van der Waals surface area contributed by atoms with E-state index in [2.05, 4.69) is 35.1 Å². The van der Waals surface area contributed by atoms with Gasteiger partial charge in [0, 0.05) is 81.4 Å². The SMILES string of the molecule is Cc1cc(S(=O)(=O)NC2CCC(CN3CCN(c4ccc([C@@H]5CCC(=O)NC5=O)c(F)c4)CC3)CC2)ccc1Nc1ncc(C(F)(F)F)c(N2CCC[C@](C)(O)C2)n1. The first kappa shape index (κ1) is 41.8. The van der Waals surface area contributed by atoms with Crippen molar-refractivity contribution in [2.45, 2.75) is 93.8 Å². The molecular formula is C40H50F4N8O5S. The number of nitrogens with zero attached hydrogens (tertiary/aromatic N) is 5. The van der Waals surface area contributed by atoms with Crippen molar-refractivity contribution < 1.29 is 40.7 Å². The maximum absolute atomic E-state index is 15.1. The average Bonchev–Trinajstić information content (AvgIpc) is 3.16. The number of hydrogen-bond donors (Lipinski definition) is 4. The van der Waals surface area contributed by atoms with Crippen molar-refractivity contribution >= 4 is 45.0 Å². The second-order valence-corrected chi connectivity index (χ2v) is 18.1. The fraction of sp³-hybridized carbons (Fsp3) is 0.550. The monoisotopic (exact) mass is 830 g/mol. The predicted octanol–water partition coefficient (Wildman–Crippen LogP) is 5.22. The Kier molecular flexibility index (Phi) is 12.0. The number of nitrogens with one attached hydrogen (secondary N) is 3. The molecule has 1 aliphatic carbocycles. The van der Waals surface area contributed by atoms with Crippen LogP contribution >= 0.6 is 0 Å². The molecule has 0 bridgehead atoms. The van der Waals surface area contributed by atoms with Crippen LogP contribution in [0, 0.1) is 18.7 Å². The third-order valence-electron chi connectivity index (χ3n) is 11.8. The summed E-state index contributed by atoms with van der Waals surface area (Å²) in [4.78, 5) is 37.9. The van der Waals surface area contributed by atoms with E-state index in [9.17, 15) is 36.3 Å². The number of amides is 2. The highest BCUT2D eigenvalue weighted by Crippen LogP contribution is 2.38. The van der Waals surface area contributed by atoms with E-state index in [1.807, 2.05) is 6.07 Å². The number of alkyl halides is 3. The number of piperazine rings is 1.